The number of benzene rings is 1. The Balaban J connectivity index is 1.45. The normalized spacial score (nSPS) is 24.7. The standard InChI is InChI=1S/C24H31N3O3/c1-16-21(17(2)27(25-16)18-9-7-6-8-10-18)22(29)30-13-20(28)26-15-24(5)12-19(26)11-23(3,4)14-24/h6-10,19H,11-15H2,1-5H3/t19-,24-/m0/s1. The Morgan fingerprint density at radius 1 is 1.13 bits per heavy atom. The third-order valence-electron chi connectivity index (χ3n) is 6.56. The number of aryl methyl sites for hydroxylation is 1. The summed E-state index contributed by atoms with van der Waals surface area (Å²) in [5.74, 6) is -0.588. The molecule has 0 spiro atoms. The van der Waals surface area contributed by atoms with Gasteiger partial charge in [-0.05, 0) is 56.1 Å². The Morgan fingerprint density at radius 2 is 1.83 bits per heavy atom. The molecule has 1 amide bonds. The monoisotopic (exact) mass is 409 g/mol. The second kappa shape index (κ2) is 7.25. The number of fused-ring (bicyclic) bond motifs is 2. The first-order valence-corrected chi connectivity index (χ1v) is 10.7. The fourth-order valence-corrected chi connectivity index (χ4v) is 5.79. The van der Waals surface area contributed by atoms with E-state index in [1.807, 2.05) is 42.2 Å². The molecule has 2 aromatic rings. The zero-order valence-corrected chi connectivity index (χ0v) is 18.6. The first-order chi connectivity index (χ1) is 14.1. The van der Waals surface area contributed by atoms with Crippen LogP contribution >= 0.6 is 0 Å². The molecule has 1 aliphatic heterocycles. The summed E-state index contributed by atoms with van der Waals surface area (Å²) >= 11 is 0. The van der Waals surface area contributed by atoms with Gasteiger partial charge >= 0.3 is 5.97 Å². The van der Waals surface area contributed by atoms with Gasteiger partial charge in [0.05, 0.1) is 17.1 Å². The van der Waals surface area contributed by atoms with E-state index in [9.17, 15) is 9.59 Å². The minimum absolute atomic E-state index is 0.0967. The number of amides is 1. The van der Waals surface area contributed by atoms with Gasteiger partial charge in [-0.15, -0.1) is 0 Å². The smallest absolute Gasteiger partial charge is 0.342 e. The molecule has 1 saturated heterocycles. The molecule has 1 aromatic heterocycles. The number of nitrogens with zero attached hydrogens (tertiary/aromatic N) is 3. The van der Waals surface area contributed by atoms with Crippen LogP contribution in [0.15, 0.2) is 30.3 Å². The quantitative estimate of drug-likeness (QED) is 0.714. The molecule has 0 radical (unpaired) electrons. The van der Waals surface area contributed by atoms with E-state index in [1.165, 1.54) is 0 Å². The van der Waals surface area contributed by atoms with Crippen molar-refractivity contribution in [2.45, 2.75) is 59.9 Å². The van der Waals surface area contributed by atoms with Gasteiger partial charge in [0, 0.05) is 12.6 Å². The minimum atomic E-state index is -0.491. The number of aromatic nitrogens is 2. The van der Waals surface area contributed by atoms with E-state index in [1.54, 1.807) is 11.6 Å². The maximum Gasteiger partial charge on any atom is 0.342 e. The van der Waals surface area contributed by atoms with Crippen LogP contribution in [0.3, 0.4) is 0 Å². The van der Waals surface area contributed by atoms with Gasteiger partial charge in [0.25, 0.3) is 5.91 Å². The molecule has 4 rings (SSSR count). The molecule has 0 N–H and O–H groups in total. The van der Waals surface area contributed by atoms with Crippen LogP contribution in [0.25, 0.3) is 5.69 Å². The molecular weight excluding hydrogens is 378 g/mol. The van der Waals surface area contributed by atoms with Crippen molar-refractivity contribution >= 4 is 11.9 Å². The summed E-state index contributed by atoms with van der Waals surface area (Å²) in [6.07, 6.45) is 3.17. The van der Waals surface area contributed by atoms with Crippen LogP contribution in [-0.4, -0.2) is 45.8 Å². The average molecular weight is 410 g/mol. The Kier molecular flexibility index (Phi) is 4.99. The number of para-hydroxylation sites is 1. The van der Waals surface area contributed by atoms with Crippen LogP contribution in [-0.2, 0) is 9.53 Å². The molecule has 6 heteroatoms. The van der Waals surface area contributed by atoms with E-state index in [2.05, 4.69) is 25.9 Å². The third kappa shape index (κ3) is 3.75. The molecule has 1 saturated carbocycles. The maximum absolute atomic E-state index is 12.9. The summed E-state index contributed by atoms with van der Waals surface area (Å²) in [5, 5.41) is 4.50. The first kappa shape index (κ1) is 20.6. The van der Waals surface area contributed by atoms with Crippen molar-refractivity contribution < 1.29 is 14.3 Å². The topological polar surface area (TPSA) is 64.4 Å². The SMILES string of the molecule is Cc1nn(-c2ccccc2)c(C)c1C(=O)OCC(=O)N1C[C@@]2(C)C[C@@H]1CC(C)(C)C2. The first-order valence-electron chi connectivity index (χ1n) is 10.7. The number of ether oxygens (including phenoxy) is 1. The predicted molar refractivity (Wildman–Crippen MR) is 115 cm³/mol. The molecule has 2 aliphatic rings. The van der Waals surface area contributed by atoms with Gasteiger partial charge in [-0.3, -0.25) is 4.79 Å². The van der Waals surface area contributed by atoms with Gasteiger partial charge < -0.3 is 9.64 Å². The van der Waals surface area contributed by atoms with Crippen LogP contribution in [0.1, 0.15) is 61.8 Å². The molecule has 2 atom stereocenters. The molecule has 30 heavy (non-hydrogen) atoms. The van der Waals surface area contributed by atoms with Crippen LogP contribution in [0.2, 0.25) is 0 Å². The van der Waals surface area contributed by atoms with Gasteiger partial charge in [0.1, 0.15) is 5.56 Å². The van der Waals surface area contributed by atoms with E-state index < -0.39 is 5.97 Å². The third-order valence-corrected chi connectivity index (χ3v) is 6.56. The van der Waals surface area contributed by atoms with Gasteiger partial charge in [-0.1, -0.05) is 39.0 Å². The van der Waals surface area contributed by atoms with Crippen molar-refractivity contribution in [2.24, 2.45) is 10.8 Å². The van der Waals surface area contributed by atoms with Crippen LogP contribution < -0.4 is 0 Å². The summed E-state index contributed by atoms with van der Waals surface area (Å²) in [6.45, 7) is 11.0. The van der Waals surface area contributed by atoms with Crippen LogP contribution in [0.4, 0.5) is 0 Å². The molecule has 2 heterocycles. The maximum atomic E-state index is 12.9. The highest BCUT2D eigenvalue weighted by atomic mass is 16.5. The Hall–Kier alpha value is -2.63. The number of carbonyl (C=O) groups is 2. The highest BCUT2D eigenvalue weighted by molar-refractivity contribution is 5.93. The fourth-order valence-electron chi connectivity index (χ4n) is 5.79. The number of likely N-dealkylation sites (tertiary alicyclic amines) is 1. The summed E-state index contributed by atoms with van der Waals surface area (Å²) in [7, 11) is 0. The van der Waals surface area contributed by atoms with E-state index in [0.717, 1.165) is 31.5 Å². The highest BCUT2D eigenvalue weighted by Gasteiger charge is 2.50. The van der Waals surface area contributed by atoms with E-state index in [-0.39, 0.29) is 29.4 Å². The predicted octanol–water partition coefficient (Wildman–Crippen LogP) is 4.07. The number of hydrogen-bond donors (Lipinski definition) is 0. The summed E-state index contributed by atoms with van der Waals surface area (Å²) in [4.78, 5) is 27.6. The lowest BCUT2D eigenvalue weighted by atomic mass is 9.65. The van der Waals surface area contributed by atoms with Gasteiger partial charge in [0.2, 0.25) is 0 Å². The zero-order valence-electron chi connectivity index (χ0n) is 18.6. The Bertz CT molecular complexity index is 979. The largest absolute Gasteiger partial charge is 0.452 e. The molecule has 1 aromatic carbocycles. The Morgan fingerprint density at radius 3 is 2.53 bits per heavy atom. The molecule has 0 unspecified atom stereocenters. The van der Waals surface area contributed by atoms with E-state index >= 15 is 0 Å². The van der Waals surface area contributed by atoms with Crippen molar-refractivity contribution in [3.8, 4) is 5.69 Å². The summed E-state index contributed by atoms with van der Waals surface area (Å²) < 4.78 is 7.20. The average Bonchev–Trinajstić information content (AvgIpc) is 3.11. The second-order valence-corrected chi connectivity index (χ2v) is 10.1. The van der Waals surface area contributed by atoms with Crippen molar-refractivity contribution in [1.82, 2.24) is 14.7 Å². The van der Waals surface area contributed by atoms with Gasteiger partial charge in [-0.2, -0.15) is 5.10 Å². The molecule has 1 aliphatic carbocycles. The van der Waals surface area contributed by atoms with E-state index in [0.29, 0.717) is 17.0 Å². The van der Waals surface area contributed by atoms with Crippen LogP contribution in [0.5, 0.6) is 0 Å². The molecule has 6 nitrogen and oxygen atoms in total. The van der Waals surface area contributed by atoms with Crippen LogP contribution in [0, 0.1) is 24.7 Å². The van der Waals surface area contributed by atoms with E-state index in [4.69, 9.17) is 4.74 Å². The Labute approximate surface area is 178 Å². The highest BCUT2D eigenvalue weighted by Crippen LogP contribution is 2.52. The number of esters is 1. The van der Waals surface area contributed by atoms with Crippen molar-refractivity contribution in [3.05, 3.63) is 47.3 Å². The summed E-state index contributed by atoms with van der Waals surface area (Å²) in [5.41, 5.74) is 3.02. The lowest BCUT2D eigenvalue weighted by molar-refractivity contribution is -0.135. The van der Waals surface area contributed by atoms with Gasteiger partial charge in [0.15, 0.2) is 6.61 Å². The number of hydrogen-bond acceptors (Lipinski definition) is 4. The van der Waals surface area contributed by atoms with Crippen molar-refractivity contribution in [2.75, 3.05) is 13.2 Å². The summed E-state index contributed by atoms with van der Waals surface area (Å²) in [6, 6.07) is 9.91. The lowest BCUT2D eigenvalue weighted by Gasteiger charge is -2.39. The lowest BCUT2D eigenvalue weighted by Crippen LogP contribution is -2.39. The second-order valence-electron chi connectivity index (χ2n) is 10.1. The number of carbonyl (C=O) groups excluding carboxylic acids is 2. The molecule has 2 fully saturated rings. The van der Waals surface area contributed by atoms with Gasteiger partial charge in [-0.25, -0.2) is 9.48 Å². The number of rotatable bonds is 4. The van der Waals surface area contributed by atoms with Crippen molar-refractivity contribution in [1.29, 1.82) is 0 Å². The fraction of sp³-hybridized carbons (Fsp3) is 0.542. The molecule has 160 valence electrons. The molecule has 2 bridgehead atoms. The molecular formula is C24H31N3O3. The zero-order chi connectivity index (χ0) is 21.7. The van der Waals surface area contributed by atoms with Crippen molar-refractivity contribution in [3.63, 3.8) is 0 Å². The minimum Gasteiger partial charge on any atom is -0.452 e.